The van der Waals surface area contributed by atoms with Crippen LogP contribution in [0.3, 0.4) is 0 Å². The van der Waals surface area contributed by atoms with E-state index in [0.29, 0.717) is 25.4 Å². The molecule has 120 valence electrons. The van der Waals surface area contributed by atoms with Crippen LogP contribution in [0, 0.1) is 19.8 Å². The largest absolute Gasteiger partial charge is 0.362 e. The highest BCUT2D eigenvalue weighted by Crippen LogP contribution is 2.31. The highest BCUT2D eigenvalue weighted by molar-refractivity contribution is 5.81. The van der Waals surface area contributed by atoms with Crippen molar-refractivity contribution in [2.45, 2.75) is 39.5 Å². The summed E-state index contributed by atoms with van der Waals surface area (Å²) in [6.45, 7) is 6.92. The molecule has 5 nitrogen and oxygen atoms in total. The van der Waals surface area contributed by atoms with Gasteiger partial charge in [-0.25, -0.2) is 0 Å². The summed E-state index contributed by atoms with van der Waals surface area (Å²) < 4.78 is 0. The average molecular weight is 303 g/mol. The molecule has 0 bridgehead atoms. The smallest absolute Gasteiger partial charge is 0.227 e. The molecule has 1 N–H and O–H groups in total. The Morgan fingerprint density at radius 1 is 1.14 bits per heavy atom. The molecule has 1 saturated carbocycles. The molecule has 1 aliphatic heterocycles. The third-order valence-electron chi connectivity index (χ3n) is 4.69. The maximum atomic E-state index is 12.5. The molecule has 1 aliphatic carbocycles. The fourth-order valence-corrected chi connectivity index (χ4v) is 3.22. The lowest BCUT2D eigenvalue weighted by atomic mass is 10.1. The van der Waals surface area contributed by atoms with Crippen molar-refractivity contribution in [1.29, 1.82) is 0 Å². The second kappa shape index (κ2) is 6.15. The topological polar surface area (TPSA) is 56.4 Å². The number of hydrogen-bond donors (Lipinski definition) is 1. The van der Waals surface area contributed by atoms with Gasteiger partial charge in [0.05, 0.1) is 6.42 Å². The Hall–Kier alpha value is -1.78. The number of nitrogens with zero attached hydrogens (tertiary/aromatic N) is 2. The van der Waals surface area contributed by atoms with Crippen LogP contribution in [-0.4, -0.2) is 52.8 Å². The number of nitrogens with one attached hydrogen (secondary N) is 1. The van der Waals surface area contributed by atoms with Crippen molar-refractivity contribution in [1.82, 2.24) is 14.8 Å². The third-order valence-corrected chi connectivity index (χ3v) is 4.69. The molecule has 2 aliphatic rings. The number of aromatic amines is 1. The van der Waals surface area contributed by atoms with Crippen LogP contribution in [0.2, 0.25) is 0 Å². The molecule has 3 rings (SSSR count). The highest BCUT2D eigenvalue weighted by atomic mass is 16.2. The van der Waals surface area contributed by atoms with Gasteiger partial charge in [0.25, 0.3) is 0 Å². The summed E-state index contributed by atoms with van der Waals surface area (Å²) in [6.07, 6.45) is 3.43. The molecular formula is C17H25N3O2. The van der Waals surface area contributed by atoms with Crippen LogP contribution >= 0.6 is 0 Å². The van der Waals surface area contributed by atoms with E-state index in [1.54, 1.807) is 0 Å². The fourth-order valence-electron chi connectivity index (χ4n) is 3.22. The summed E-state index contributed by atoms with van der Waals surface area (Å²) in [5.41, 5.74) is 3.25. The summed E-state index contributed by atoms with van der Waals surface area (Å²) in [7, 11) is 0. The Bertz CT molecular complexity index is 574. The molecule has 22 heavy (non-hydrogen) atoms. The van der Waals surface area contributed by atoms with Crippen LogP contribution in [0.4, 0.5) is 0 Å². The molecule has 1 saturated heterocycles. The molecule has 0 radical (unpaired) electrons. The zero-order chi connectivity index (χ0) is 15.7. The molecule has 0 atom stereocenters. The van der Waals surface area contributed by atoms with E-state index in [1.165, 1.54) is 0 Å². The minimum absolute atomic E-state index is 0.169. The lowest BCUT2D eigenvalue weighted by Gasteiger charge is -2.22. The number of rotatable bonds is 3. The van der Waals surface area contributed by atoms with Crippen molar-refractivity contribution >= 4 is 11.8 Å². The molecule has 2 amide bonds. The van der Waals surface area contributed by atoms with Gasteiger partial charge in [0.15, 0.2) is 0 Å². The zero-order valence-electron chi connectivity index (χ0n) is 13.5. The predicted molar refractivity (Wildman–Crippen MR) is 84.5 cm³/mol. The lowest BCUT2D eigenvalue weighted by molar-refractivity contribution is -0.134. The van der Waals surface area contributed by atoms with Gasteiger partial charge in [-0.15, -0.1) is 0 Å². The summed E-state index contributed by atoms with van der Waals surface area (Å²) >= 11 is 0. The van der Waals surface area contributed by atoms with Crippen LogP contribution < -0.4 is 0 Å². The summed E-state index contributed by atoms with van der Waals surface area (Å²) in [6, 6.07) is 2.05. The van der Waals surface area contributed by atoms with Gasteiger partial charge in [-0.3, -0.25) is 9.59 Å². The standard InChI is InChI=1S/C17H25N3O2/c1-12-10-15(13(2)18-12)11-16(21)19-6-3-7-20(9-8-19)17(22)14-4-5-14/h10,14,18H,3-9,11H2,1-2H3. The first-order valence-corrected chi connectivity index (χ1v) is 8.26. The maximum Gasteiger partial charge on any atom is 0.227 e. The van der Waals surface area contributed by atoms with Gasteiger partial charge in [-0.2, -0.15) is 0 Å². The number of hydrogen-bond acceptors (Lipinski definition) is 2. The molecule has 0 aromatic carbocycles. The number of aryl methyl sites for hydroxylation is 2. The first-order chi connectivity index (χ1) is 10.5. The van der Waals surface area contributed by atoms with Gasteiger partial charge in [0, 0.05) is 43.5 Å². The van der Waals surface area contributed by atoms with Gasteiger partial charge < -0.3 is 14.8 Å². The van der Waals surface area contributed by atoms with Crippen molar-refractivity contribution in [2.24, 2.45) is 5.92 Å². The van der Waals surface area contributed by atoms with Crippen LogP contribution in [-0.2, 0) is 16.0 Å². The van der Waals surface area contributed by atoms with E-state index in [9.17, 15) is 9.59 Å². The van der Waals surface area contributed by atoms with Crippen molar-refractivity contribution in [2.75, 3.05) is 26.2 Å². The monoisotopic (exact) mass is 303 g/mol. The van der Waals surface area contributed by atoms with Gasteiger partial charge in [-0.05, 0) is 44.7 Å². The van der Waals surface area contributed by atoms with Crippen molar-refractivity contribution in [3.05, 3.63) is 23.0 Å². The number of H-pyrrole nitrogens is 1. The zero-order valence-corrected chi connectivity index (χ0v) is 13.5. The molecule has 5 heteroatoms. The summed E-state index contributed by atoms with van der Waals surface area (Å²) in [5, 5.41) is 0. The van der Waals surface area contributed by atoms with Gasteiger partial charge in [-0.1, -0.05) is 0 Å². The average Bonchev–Trinajstić information content (AvgIpc) is 3.28. The number of carbonyl (C=O) groups excluding carboxylic acids is 2. The molecule has 1 aromatic rings. The number of carbonyl (C=O) groups is 2. The molecule has 2 fully saturated rings. The van der Waals surface area contributed by atoms with E-state index < -0.39 is 0 Å². The fraction of sp³-hybridized carbons (Fsp3) is 0.647. The molecule has 0 spiro atoms. The minimum Gasteiger partial charge on any atom is -0.362 e. The number of amides is 2. The van der Waals surface area contributed by atoms with Crippen molar-refractivity contribution < 1.29 is 9.59 Å². The van der Waals surface area contributed by atoms with E-state index in [0.717, 1.165) is 49.3 Å². The quantitative estimate of drug-likeness (QED) is 0.923. The Morgan fingerprint density at radius 3 is 2.45 bits per heavy atom. The Labute approximate surface area is 131 Å². The van der Waals surface area contributed by atoms with Gasteiger partial charge in [0.2, 0.25) is 11.8 Å². The van der Waals surface area contributed by atoms with Crippen LogP contribution in [0.5, 0.6) is 0 Å². The molecule has 0 unspecified atom stereocenters. The van der Waals surface area contributed by atoms with Gasteiger partial charge >= 0.3 is 0 Å². The third kappa shape index (κ3) is 3.34. The van der Waals surface area contributed by atoms with Crippen LogP contribution in [0.1, 0.15) is 36.2 Å². The lowest BCUT2D eigenvalue weighted by Crippen LogP contribution is -2.38. The van der Waals surface area contributed by atoms with E-state index in [-0.39, 0.29) is 11.8 Å². The molecule has 1 aromatic heterocycles. The summed E-state index contributed by atoms with van der Waals surface area (Å²) in [5.74, 6) is 0.738. The minimum atomic E-state index is 0.169. The van der Waals surface area contributed by atoms with E-state index in [4.69, 9.17) is 0 Å². The van der Waals surface area contributed by atoms with Crippen LogP contribution in [0.25, 0.3) is 0 Å². The second-order valence-corrected chi connectivity index (χ2v) is 6.61. The van der Waals surface area contributed by atoms with Crippen LogP contribution in [0.15, 0.2) is 6.07 Å². The normalized spacial score (nSPS) is 19.2. The molecular weight excluding hydrogens is 278 g/mol. The first-order valence-electron chi connectivity index (χ1n) is 8.26. The summed E-state index contributed by atoms with van der Waals surface area (Å²) in [4.78, 5) is 31.8. The maximum absolute atomic E-state index is 12.5. The second-order valence-electron chi connectivity index (χ2n) is 6.61. The molecule has 2 heterocycles. The van der Waals surface area contributed by atoms with Crippen molar-refractivity contribution in [3.8, 4) is 0 Å². The van der Waals surface area contributed by atoms with Gasteiger partial charge in [0.1, 0.15) is 0 Å². The Kier molecular flexibility index (Phi) is 4.23. The predicted octanol–water partition coefficient (Wildman–Crippen LogP) is 1.64. The first kappa shape index (κ1) is 15.1. The SMILES string of the molecule is Cc1cc(CC(=O)N2CCCN(C(=O)C3CC3)CC2)c(C)[nH]1. The Balaban J connectivity index is 1.57. The number of aromatic nitrogens is 1. The Morgan fingerprint density at radius 2 is 1.82 bits per heavy atom. The van der Waals surface area contributed by atoms with Crippen molar-refractivity contribution in [3.63, 3.8) is 0 Å². The van der Waals surface area contributed by atoms with E-state index >= 15 is 0 Å². The van der Waals surface area contributed by atoms with E-state index in [1.807, 2.05) is 29.7 Å². The highest BCUT2D eigenvalue weighted by Gasteiger charge is 2.34. The van der Waals surface area contributed by atoms with E-state index in [2.05, 4.69) is 4.98 Å².